The van der Waals surface area contributed by atoms with E-state index in [4.69, 9.17) is 14.2 Å². The first-order valence-electron chi connectivity index (χ1n) is 23.1. The Hall–Kier alpha value is -4.19. The summed E-state index contributed by atoms with van der Waals surface area (Å²) in [5, 5.41) is 0. The maximum atomic E-state index is 12.7. The molecule has 0 fully saturated rings. The molecule has 0 aliphatic carbocycles. The molecule has 0 aromatic heterocycles. The first-order valence-corrected chi connectivity index (χ1v) is 23.1. The minimum atomic E-state index is -0.819. The van der Waals surface area contributed by atoms with Crippen molar-refractivity contribution in [2.45, 2.75) is 181 Å². The van der Waals surface area contributed by atoms with Crippen molar-refractivity contribution in [2.75, 3.05) is 13.2 Å². The predicted molar refractivity (Wildman–Crippen MR) is 251 cm³/mol. The number of carbonyl (C=O) groups is 3. The lowest BCUT2D eigenvalue weighted by Crippen LogP contribution is -2.30. The number of allylic oxidation sites excluding steroid dienone is 20. The fraction of sp³-hybridized carbons (Fsp3) is 0.566. The number of unbranched alkanes of at least 4 members (excludes halogenated alkanes) is 11. The van der Waals surface area contributed by atoms with E-state index in [0.29, 0.717) is 19.3 Å². The Labute approximate surface area is 361 Å². The van der Waals surface area contributed by atoms with E-state index >= 15 is 0 Å². The molecule has 6 nitrogen and oxygen atoms in total. The molecular weight excluding hydrogens is 733 g/mol. The highest BCUT2D eigenvalue weighted by Gasteiger charge is 2.19. The average Bonchev–Trinajstić information content (AvgIpc) is 3.23. The van der Waals surface area contributed by atoms with Gasteiger partial charge in [-0.15, -0.1) is 0 Å². The van der Waals surface area contributed by atoms with E-state index in [1.54, 1.807) is 0 Å². The fourth-order valence-corrected chi connectivity index (χ4v) is 5.65. The van der Waals surface area contributed by atoms with Gasteiger partial charge in [-0.05, 0) is 103 Å². The Balaban J connectivity index is 4.55. The van der Waals surface area contributed by atoms with Gasteiger partial charge >= 0.3 is 17.9 Å². The minimum Gasteiger partial charge on any atom is -0.462 e. The molecule has 0 aromatic rings. The van der Waals surface area contributed by atoms with Crippen LogP contribution in [-0.2, 0) is 28.6 Å². The van der Waals surface area contributed by atoms with E-state index in [2.05, 4.69) is 106 Å². The van der Waals surface area contributed by atoms with Crippen molar-refractivity contribution in [2.24, 2.45) is 0 Å². The first kappa shape index (κ1) is 54.8. The zero-order chi connectivity index (χ0) is 43.0. The van der Waals surface area contributed by atoms with Gasteiger partial charge in [0.1, 0.15) is 13.2 Å². The van der Waals surface area contributed by atoms with Gasteiger partial charge in [0.05, 0.1) is 0 Å². The van der Waals surface area contributed by atoms with Crippen molar-refractivity contribution in [3.05, 3.63) is 122 Å². The molecule has 0 aliphatic rings. The third kappa shape index (κ3) is 44.8. The zero-order valence-electron chi connectivity index (χ0n) is 37.5. The number of hydrogen-bond donors (Lipinski definition) is 0. The van der Waals surface area contributed by atoms with Gasteiger partial charge in [-0.2, -0.15) is 0 Å². The number of rotatable bonds is 39. The Morgan fingerprint density at radius 1 is 0.356 bits per heavy atom. The first-order chi connectivity index (χ1) is 29.0. The molecule has 0 saturated carbocycles. The largest absolute Gasteiger partial charge is 0.462 e. The van der Waals surface area contributed by atoms with E-state index < -0.39 is 6.10 Å². The summed E-state index contributed by atoms with van der Waals surface area (Å²) in [6.45, 7) is 6.16. The van der Waals surface area contributed by atoms with Gasteiger partial charge < -0.3 is 14.2 Å². The predicted octanol–water partition coefficient (Wildman–Crippen LogP) is 15.0. The van der Waals surface area contributed by atoms with Gasteiger partial charge in [-0.1, -0.05) is 174 Å². The van der Waals surface area contributed by atoms with Crippen molar-refractivity contribution in [1.29, 1.82) is 0 Å². The van der Waals surface area contributed by atoms with E-state index in [9.17, 15) is 14.4 Å². The van der Waals surface area contributed by atoms with Gasteiger partial charge in [-0.25, -0.2) is 0 Å². The Bertz CT molecular complexity index is 1300. The molecule has 59 heavy (non-hydrogen) atoms. The van der Waals surface area contributed by atoms with Crippen molar-refractivity contribution in [3.8, 4) is 0 Å². The number of ether oxygens (including phenoxy) is 3. The highest BCUT2D eigenvalue weighted by atomic mass is 16.6. The van der Waals surface area contributed by atoms with Crippen LogP contribution in [0.15, 0.2) is 122 Å². The third-order valence-electron chi connectivity index (χ3n) is 9.04. The van der Waals surface area contributed by atoms with Crippen molar-refractivity contribution >= 4 is 17.9 Å². The van der Waals surface area contributed by atoms with Crippen molar-refractivity contribution in [1.82, 2.24) is 0 Å². The second-order valence-electron chi connectivity index (χ2n) is 14.6. The molecule has 0 rings (SSSR count). The van der Waals surface area contributed by atoms with E-state index in [1.807, 2.05) is 36.5 Å². The van der Waals surface area contributed by atoms with Gasteiger partial charge in [0.2, 0.25) is 0 Å². The van der Waals surface area contributed by atoms with E-state index in [1.165, 1.54) is 0 Å². The van der Waals surface area contributed by atoms with Gasteiger partial charge in [0.15, 0.2) is 6.10 Å². The van der Waals surface area contributed by atoms with Crippen LogP contribution in [0.25, 0.3) is 0 Å². The normalized spacial score (nSPS) is 13.2. The molecule has 0 heterocycles. The maximum absolute atomic E-state index is 12.7. The standard InChI is InChI=1S/C53H82O6/c1-4-7-10-13-16-19-22-25-26-27-29-31-34-37-40-43-46-52(55)58-49-50(48-57-51(54)45-42-39-36-33-30-24-21-18-15-12-9-6-3)59-53(56)47-44-41-38-35-32-28-23-20-17-14-11-8-5-2/h7-12,14,16-21,23,25-26,28-29,31-32,50H,4-6,13,15,22,24,27,30,33-49H2,1-3H3/b10-7-,11-8-,12-9-,17-14-,19-16-,21-18-,23-20-,26-25-,31-29-,32-28-. The lowest BCUT2D eigenvalue weighted by molar-refractivity contribution is -0.167. The lowest BCUT2D eigenvalue weighted by atomic mass is 10.1. The van der Waals surface area contributed by atoms with Crippen molar-refractivity contribution in [3.63, 3.8) is 0 Å². The summed E-state index contributed by atoms with van der Waals surface area (Å²) in [7, 11) is 0. The molecule has 0 amide bonds. The molecule has 330 valence electrons. The molecule has 1 unspecified atom stereocenters. The zero-order valence-corrected chi connectivity index (χ0v) is 37.5. The molecule has 0 aromatic carbocycles. The number of hydrogen-bond acceptors (Lipinski definition) is 6. The second-order valence-corrected chi connectivity index (χ2v) is 14.6. The summed E-state index contributed by atoms with van der Waals surface area (Å²) in [5.74, 6) is -1.02. The minimum absolute atomic E-state index is 0.116. The Morgan fingerprint density at radius 2 is 0.695 bits per heavy atom. The summed E-state index contributed by atoms with van der Waals surface area (Å²) < 4.78 is 16.6. The van der Waals surface area contributed by atoms with E-state index in [0.717, 1.165) is 128 Å². The van der Waals surface area contributed by atoms with Crippen LogP contribution in [0.2, 0.25) is 0 Å². The van der Waals surface area contributed by atoms with Crippen LogP contribution < -0.4 is 0 Å². The highest BCUT2D eigenvalue weighted by Crippen LogP contribution is 2.11. The topological polar surface area (TPSA) is 78.9 Å². The Kier molecular flexibility index (Phi) is 43.2. The monoisotopic (exact) mass is 815 g/mol. The SMILES string of the molecule is CC\C=C/C=C\C=C/C=C\CCCCCC(=O)OC(COC(=O)CCCCC/C=C\C/C=C\C/C=C\C/C=C\CC)COC(=O)CCCCCCC/C=C\C/C=C\CC. The summed E-state index contributed by atoms with van der Waals surface area (Å²) in [5.41, 5.74) is 0. The van der Waals surface area contributed by atoms with Gasteiger partial charge in [-0.3, -0.25) is 14.4 Å². The summed E-state index contributed by atoms with van der Waals surface area (Å²) >= 11 is 0. The number of esters is 3. The quantitative estimate of drug-likeness (QED) is 0.0202. The van der Waals surface area contributed by atoms with Gasteiger partial charge in [0, 0.05) is 19.3 Å². The Morgan fingerprint density at radius 3 is 1.17 bits per heavy atom. The van der Waals surface area contributed by atoms with Crippen LogP contribution in [0.1, 0.15) is 175 Å². The average molecular weight is 815 g/mol. The number of carbonyl (C=O) groups excluding carboxylic acids is 3. The smallest absolute Gasteiger partial charge is 0.306 e. The van der Waals surface area contributed by atoms with Crippen LogP contribution in [0.5, 0.6) is 0 Å². The maximum Gasteiger partial charge on any atom is 0.306 e. The molecule has 0 bridgehead atoms. The lowest BCUT2D eigenvalue weighted by Gasteiger charge is -2.18. The van der Waals surface area contributed by atoms with Crippen LogP contribution >= 0.6 is 0 Å². The molecule has 6 heteroatoms. The van der Waals surface area contributed by atoms with E-state index in [-0.39, 0.29) is 37.5 Å². The molecule has 0 radical (unpaired) electrons. The summed E-state index contributed by atoms with van der Waals surface area (Å²) in [6.07, 6.45) is 63.3. The summed E-state index contributed by atoms with van der Waals surface area (Å²) in [6, 6.07) is 0. The molecule has 0 saturated heterocycles. The molecule has 0 aliphatic heterocycles. The molecular formula is C53H82O6. The third-order valence-corrected chi connectivity index (χ3v) is 9.04. The van der Waals surface area contributed by atoms with Crippen LogP contribution in [0.3, 0.4) is 0 Å². The van der Waals surface area contributed by atoms with Crippen LogP contribution in [0.4, 0.5) is 0 Å². The summed E-state index contributed by atoms with van der Waals surface area (Å²) in [4.78, 5) is 37.8. The molecule has 0 spiro atoms. The molecule has 1 atom stereocenters. The second kappa shape index (κ2) is 46.5. The van der Waals surface area contributed by atoms with Crippen molar-refractivity contribution < 1.29 is 28.6 Å². The highest BCUT2D eigenvalue weighted by molar-refractivity contribution is 5.71. The van der Waals surface area contributed by atoms with Crippen LogP contribution in [-0.4, -0.2) is 37.2 Å². The fourth-order valence-electron chi connectivity index (χ4n) is 5.65. The molecule has 0 N–H and O–H groups in total. The van der Waals surface area contributed by atoms with Gasteiger partial charge in [0.25, 0.3) is 0 Å². The van der Waals surface area contributed by atoms with Crippen LogP contribution in [0, 0.1) is 0 Å².